The van der Waals surface area contributed by atoms with Gasteiger partial charge in [0, 0.05) is 11.5 Å². The zero-order valence-corrected chi connectivity index (χ0v) is 11.4. The third-order valence-electron chi connectivity index (χ3n) is 3.11. The topological polar surface area (TPSA) is 9.23 Å². The molecule has 0 amide bonds. The Labute approximate surface area is 102 Å². The molecule has 0 saturated carbocycles. The molecule has 90 valence electrons. The molecular formula is C14H22OS. The Morgan fingerprint density at radius 2 is 1.56 bits per heavy atom. The third kappa shape index (κ3) is 2.80. The van der Waals surface area contributed by atoms with E-state index >= 15 is 0 Å². The van der Waals surface area contributed by atoms with Crippen LogP contribution < -0.4 is 0 Å². The molecule has 1 aromatic carbocycles. The fraction of sp³-hybridized carbons (Fsp3) is 0.571. The Morgan fingerprint density at radius 3 is 2.06 bits per heavy atom. The van der Waals surface area contributed by atoms with Crippen LogP contribution in [0.5, 0.6) is 0 Å². The van der Waals surface area contributed by atoms with Gasteiger partial charge in [0.15, 0.2) is 0 Å². The third-order valence-corrected chi connectivity index (χ3v) is 5.58. The fourth-order valence-electron chi connectivity index (χ4n) is 1.99. The maximum atomic E-state index is 5.42. The zero-order valence-electron chi connectivity index (χ0n) is 10.5. The Bertz CT molecular complexity index is 331. The van der Waals surface area contributed by atoms with Crippen LogP contribution in [-0.4, -0.2) is 24.7 Å². The minimum Gasteiger partial charge on any atom is -0.380 e. The summed E-state index contributed by atoms with van der Waals surface area (Å²) in [4.78, 5) is 1.55. The van der Waals surface area contributed by atoms with Crippen LogP contribution in [0.15, 0.2) is 29.2 Å². The van der Waals surface area contributed by atoms with Gasteiger partial charge in [-0.2, -0.15) is 0 Å². The predicted molar refractivity (Wildman–Crippen MR) is 72.9 cm³/mol. The number of benzene rings is 1. The van der Waals surface area contributed by atoms with E-state index in [0.717, 1.165) is 13.2 Å². The largest absolute Gasteiger partial charge is 0.380 e. The second-order valence-corrected chi connectivity index (χ2v) is 7.89. The van der Waals surface area contributed by atoms with Crippen LogP contribution in [0.3, 0.4) is 0 Å². The van der Waals surface area contributed by atoms with Crippen molar-refractivity contribution >= 4 is 10.9 Å². The Hall–Kier alpha value is -0.470. The van der Waals surface area contributed by atoms with Crippen molar-refractivity contribution in [1.29, 1.82) is 0 Å². The second-order valence-electron chi connectivity index (χ2n) is 5.40. The Kier molecular flexibility index (Phi) is 3.60. The van der Waals surface area contributed by atoms with Crippen LogP contribution in [0.4, 0.5) is 0 Å². The lowest BCUT2D eigenvalue weighted by Crippen LogP contribution is -2.15. The molecule has 0 unspecified atom stereocenters. The first-order valence-electron chi connectivity index (χ1n) is 6.00. The van der Waals surface area contributed by atoms with E-state index in [1.807, 2.05) is 0 Å². The monoisotopic (exact) mass is 238 g/mol. The van der Waals surface area contributed by atoms with Crippen LogP contribution in [0.1, 0.15) is 26.3 Å². The molecule has 0 bridgehead atoms. The molecular weight excluding hydrogens is 216 g/mol. The molecule has 2 heteroatoms. The van der Waals surface area contributed by atoms with Crippen LogP contribution in [0.25, 0.3) is 0 Å². The van der Waals surface area contributed by atoms with E-state index in [-0.39, 0.29) is 16.3 Å². The quantitative estimate of drug-likeness (QED) is 0.738. The number of thiol groups is 1. The van der Waals surface area contributed by atoms with Crippen molar-refractivity contribution in [2.45, 2.75) is 31.1 Å². The van der Waals surface area contributed by atoms with Crippen molar-refractivity contribution < 1.29 is 4.74 Å². The smallest absolute Gasteiger partial charge is 0.0543 e. The van der Waals surface area contributed by atoms with Gasteiger partial charge < -0.3 is 4.74 Å². The average Bonchev–Trinajstić information content (AvgIpc) is 2.29. The lowest BCUT2D eigenvalue weighted by Gasteiger charge is -2.27. The van der Waals surface area contributed by atoms with Gasteiger partial charge in [-0.25, -0.2) is 10.9 Å². The minimum atomic E-state index is 0.0599. The maximum absolute atomic E-state index is 5.42. The molecule has 0 aromatic heterocycles. The molecule has 1 heterocycles. The molecule has 2 rings (SSSR count). The first-order chi connectivity index (χ1) is 7.57. The highest BCUT2D eigenvalue weighted by atomic mass is 32.2. The van der Waals surface area contributed by atoms with E-state index in [9.17, 15) is 0 Å². The van der Waals surface area contributed by atoms with Crippen LogP contribution in [0.2, 0.25) is 0 Å². The van der Waals surface area contributed by atoms with Crippen molar-refractivity contribution in [3.05, 3.63) is 29.8 Å². The van der Waals surface area contributed by atoms with Crippen molar-refractivity contribution in [2.24, 2.45) is 0 Å². The molecule has 0 aliphatic carbocycles. The normalized spacial score (nSPS) is 19.8. The first-order valence-corrected chi connectivity index (χ1v) is 7.72. The number of ether oxygens (including phenoxy) is 1. The summed E-state index contributed by atoms with van der Waals surface area (Å²) in [6.45, 7) is 8.70. The number of hydrogen-bond acceptors (Lipinski definition) is 1. The standard InChI is InChI=1S/C14H22OS/c1-14(2,3)12-4-6-13(7-5-12)16-10-8-15-9-11-16/h4-7,16H,8-11H2,1-3H3. The van der Waals surface area contributed by atoms with Gasteiger partial charge in [-0.3, -0.25) is 0 Å². The van der Waals surface area contributed by atoms with Gasteiger partial charge in [0.1, 0.15) is 0 Å². The summed E-state index contributed by atoms with van der Waals surface area (Å²) in [5.74, 6) is 2.48. The molecule has 0 radical (unpaired) electrons. The molecule has 1 aliphatic rings. The summed E-state index contributed by atoms with van der Waals surface area (Å²) >= 11 is 0. The lowest BCUT2D eigenvalue weighted by molar-refractivity contribution is 0.160. The SMILES string of the molecule is CC(C)(C)c1ccc([SH]2CCOCC2)cc1. The fourth-order valence-corrected chi connectivity index (χ4v) is 4.00. The van der Waals surface area contributed by atoms with E-state index < -0.39 is 0 Å². The van der Waals surface area contributed by atoms with Gasteiger partial charge in [0.05, 0.1) is 13.2 Å². The van der Waals surface area contributed by atoms with E-state index in [2.05, 4.69) is 45.0 Å². The second kappa shape index (κ2) is 4.80. The summed E-state index contributed by atoms with van der Waals surface area (Å²) in [5.41, 5.74) is 1.70. The van der Waals surface area contributed by atoms with Gasteiger partial charge in [0.25, 0.3) is 0 Å². The van der Waals surface area contributed by atoms with E-state index in [1.54, 1.807) is 4.90 Å². The minimum absolute atomic E-state index is 0.0599. The zero-order chi connectivity index (χ0) is 11.6. The highest BCUT2D eigenvalue weighted by molar-refractivity contribution is 8.17. The Morgan fingerprint density at radius 1 is 1.00 bits per heavy atom. The first kappa shape index (κ1) is 12.0. The molecule has 1 aliphatic heterocycles. The van der Waals surface area contributed by atoms with Gasteiger partial charge >= 0.3 is 0 Å². The van der Waals surface area contributed by atoms with Crippen molar-refractivity contribution in [2.75, 3.05) is 24.7 Å². The van der Waals surface area contributed by atoms with Gasteiger partial charge in [-0.05, 0) is 15.9 Å². The van der Waals surface area contributed by atoms with E-state index in [1.165, 1.54) is 17.1 Å². The van der Waals surface area contributed by atoms with Crippen molar-refractivity contribution in [3.63, 3.8) is 0 Å². The lowest BCUT2D eigenvalue weighted by atomic mass is 9.87. The summed E-state index contributed by atoms with van der Waals surface area (Å²) in [6, 6.07) is 9.26. The highest BCUT2D eigenvalue weighted by Gasteiger charge is 2.15. The van der Waals surface area contributed by atoms with Crippen molar-refractivity contribution in [1.82, 2.24) is 0 Å². The molecule has 1 saturated heterocycles. The summed E-state index contributed by atoms with van der Waals surface area (Å²) in [5, 5.41) is 0. The number of hydrogen-bond donors (Lipinski definition) is 1. The average molecular weight is 238 g/mol. The molecule has 1 aromatic rings. The molecule has 0 spiro atoms. The number of rotatable bonds is 1. The molecule has 1 nitrogen and oxygen atoms in total. The summed E-state index contributed by atoms with van der Waals surface area (Å²) in [7, 11) is 0.0599. The van der Waals surface area contributed by atoms with Crippen LogP contribution in [0, 0.1) is 0 Å². The Balaban J connectivity index is 2.12. The van der Waals surface area contributed by atoms with Crippen LogP contribution >= 0.6 is 10.9 Å². The van der Waals surface area contributed by atoms with Crippen molar-refractivity contribution in [3.8, 4) is 0 Å². The van der Waals surface area contributed by atoms with E-state index in [0.29, 0.717) is 0 Å². The molecule has 0 N–H and O–H groups in total. The molecule has 16 heavy (non-hydrogen) atoms. The molecule has 0 atom stereocenters. The summed E-state index contributed by atoms with van der Waals surface area (Å²) < 4.78 is 5.42. The van der Waals surface area contributed by atoms with Crippen LogP contribution in [-0.2, 0) is 10.2 Å². The van der Waals surface area contributed by atoms with Gasteiger partial charge in [-0.1, -0.05) is 45.0 Å². The highest BCUT2D eigenvalue weighted by Crippen LogP contribution is 2.38. The molecule has 1 fully saturated rings. The van der Waals surface area contributed by atoms with Gasteiger partial charge in [0.2, 0.25) is 0 Å². The predicted octanol–water partition coefficient (Wildman–Crippen LogP) is 3.37. The van der Waals surface area contributed by atoms with Gasteiger partial charge in [-0.15, -0.1) is 0 Å². The summed E-state index contributed by atoms with van der Waals surface area (Å²) in [6.07, 6.45) is 0. The maximum Gasteiger partial charge on any atom is 0.0543 e. The van der Waals surface area contributed by atoms with E-state index in [4.69, 9.17) is 4.74 Å².